The third-order valence-corrected chi connectivity index (χ3v) is 2.82. The van der Waals surface area contributed by atoms with Crippen LogP contribution in [0.3, 0.4) is 0 Å². The van der Waals surface area contributed by atoms with Crippen LogP contribution >= 0.6 is 27.5 Å². The van der Waals surface area contributed by atoms with E-state index in [0.29, 0.717) is 0 Å². The first-order valence-corrected chi connectivity index (χ1v) is 4.93. The van der Waals surface area contributed by atoms with Gasteiger partial charge in [-0.15, -0.1) is 0 Å². The maximum absolute atomic E-state index is 12.3. The van der Waals surface area contributed by atoms with Crippen LogP contribution in [0.1, 0.15) is 17.8 Å². The molecular formula is C8H5BrClF2NO2. The topological polar surface area (TPSA) is 50.2 Å². The van der Waals surface area contributed by atoms with Gasteiger partial charge in [-0.25, -0.2) is 13.8 Å². The number of aromatic nitrogens is 1. The van der Waals surface area contributed by atoms with Crippen LogP contribution < -0.4 is 0 Å². The van der Waals surface area contributed by atoms with Gasteiger partial charge in [0.05, 0.1) is 17.1 Å². The quantitative estimate of drug-likeness (QED) is 0.933. The molecule has 0 unspecified atom stereocenters. The molecule has 1 rings (SSSR count). The van der Waals surface area contributed by atoms with Gasteiger partial charge in [-0.1, -0.05) is 11.6 Å². The zero-order valence-electron chi connectivity index (χ0n) is 7.18. The highest BCUT2D eigenvalue weighted by Crippen LogP contribution is 2.29. The number of hydrogen-bond donors (Lipinski definition) is 1. The van der Waals surface area contributed by atoms with E-state index < -0.39 is 24.5 Å². The Kier molecular flexibility index (Phi) is 3.98. The molecule has 1 aromatic rings. The maximum Gasteiger partial charge on any atom is 0.309 e. The minimum atomic E-state index is -2.76. The average Bonchev–Trinajstić information content (AvgIpc) is 2.11. The molecule has 1 heterocycles. The zero-order valence-corrected chi connectivity index (χ0v) is 9.52. The third kappa shape index (κ3) is 3.10. The number of rotatable bonds is 3. The smallest absolute Gasteiger partial charge is 0.309 e. The van der Waals surface area contributed by atoms with Gasteiger partial charge in [0.1, 0.15) is 5.69 Å². The Morgan fingerprint density at radius 3 is 2.73 bits per heavy atom. The lowest BCUT2D eigenvalue weighted by molar-refractivity contribution is -0.136. The fraction of sp³-hybridized carbons (Fsp3) is 0.250. The lowest BCUT2D eigenvalue weighted by atomic mass is 10.2. The summed E-state index contributed by atoms with van der Waals surface area (Å²) in [5, 5.41) is 8.55. The van der Waals surface area contributed by atoms with Crippen molar-refractivity contribution in [3.8, 4) is 0 Å². The van der Waals surface area contributed by atoms with Gasteiger partial charge < -0.3 is 5.11 Å². The van der Waals surface area contributed by atoms with Crippen LogP contribution in [-0.4, -0.2) is 16.1 Å². The highest BCUT2D eigenvalue weighted by molar-refractivity contribution is 9.10. The normalized spacial score (nSPS) is 10.7. The summed E-state index contributed by atoms with van der Waals surface area (Å²) in [6.07, 6.45) is -3.25. The first-order valence-electron chi connectivity index (χ1n) is 3.76. The second-order valence-electron chi connectivity index (χ2n) is 2.66. The van der Waals surface area contributed by atoms with Gasteiger partial charge in [0.25, 0.3) is 6.43 Å². The largest absolute Gasteiger partial charge is 0.481 e. The van der Waals surface area contributed by atoms with E-state index in [0.717, 1.165) is 6.07 Å². The summed E-state index contributed by atoms with van der Waals surface area (Å²) in [5.41, 5.74) is -0.573. The van der Waals surface area contributed by atoms with Gasteiger partial charge >= 0.3 is 5.97 Å². The SMILES string of the molecule is O=C(O)Cc1nc(C(F)F)cc(Br)c1Cl. The molecule has 0 aliphatic rings. The molecule has 7 heteroatoms. The highest BCUT2D eigenvalue weighted by atomic mass is 79.9. The number of aliphatic carboxylic acids is 1. The monoisotopic (exact) mass is 299 g/mol. The van der Waals surface area contributed by atoms with Gasteiger partial charge in [0.2, 0.25) is 0 Å². The van der Waals surface area contributed by atoms with Gasteiger partial charge in [-0.3, -0.25) is 4.79 Å². The predicted molar refractivity (Wildman–Crippen MR) is 53.2 cm³/mol. The Bertz CT molecular complexity index is 400. The van der Waals surface area contributed by atoms with Crippen LogP contribution in [-0.2, 0) is 11.2 Å². The van der Waals surface area contributed by atoms with Crippen LogP contribution in [0.2, 0.25) is 5.02 Å². The fourth-order valence-corrected chi connectivity index (χ4v) is 1.57. The lowest BCUT2D eigenvalue weighted by Gasteiger charge is -2.06. The molecule has 0 saturated heterocycles. The zero-order chi connectivity index (χ0) is 11.6. The fourth-order valence-electron chi connectivity index (χ4n) is 0.940. The second-order valence-corrected chi connectivity index (χ2v) is 3.89. The summed E-state index contributed by atoms with van der Waals surface area (Å²) >= 11 is 8.65. The molecule has 15 heavy (non-hydrogen) atoms. The standard InChI is InChI=1S/C8H5BrClF2NO2/c9-3-1-5(8(11)12)13-4(7(3)10)2-6(14)15/h1,8H,2H2,(H,14,15). The molecule has 0 fully saturated rings. The summed E-state index contributed by atoms with van der Waals surface area (Å²) in [6.45, 7) is 0. The summed E-state index contributed by atoms with van der Waals surface area (Å²) in [7, 11) is 0. The van der Waals surface area contributed by atoms with Crippen LogP contribution in [0, 0.1) is 0 Å². The molecule has 0 bridgehead atoms. The number of carboxylic acid groups (broad SMARTS) is 1. The van der Waals surface area contributed by atoms with Crippen molar-refractivity contribution in [3.05, 3.63) is 26.9 Å². The van der Waals surface area contributed by atoms with Crippen molar-refractivity contribution in [2.45, 2.75) is 12.8 Å². The van der Waals surface area contributed by atoms with E-state index in [1.807, 2.05) is 0 Å². The van der Waals surface area contributed by atoms with Gasteiger partial charge in [-0.05, 0) is 22.0 Å². The molecule has 1 N–H and O–H groups in total. The molecule has 0 saturated carbocycles. The van der Waals surface area contributed by atoms with Crippen LogP contribution in [0.15, 0.2) is 10.5 Å². The molecule has 0 atom stereocenters. The Balaban J connectivity index is 3.18. The van der Waals surface area contributed by atoms with Gasteiger partial charge in [-0.2, -0.15) is 0 Å². The van der Waals surface area contributed by atoms with Crippen LogP contribution in [0.4, 0.5) is 8.78 Å². The Morgan fingerprint density at radius 1 is 1.67 bits per heavy atom. The summed E-state index contributed by atoms with van der Waals surface area (Å²) < 4.78 is 24.9. The Labute approximate surface area is 97.2 Å². The number of alkyl halides is 2. The highest BCUT2D eigenvalue weighted by Gasteiger charge is 2.16. The molecule has 0 spiro atoms. The van der Waals surface area contributed by atoms with E-state index in [-0.39, 0.29) is 15.2 Å². The molecule has 0 aliphatic carbocycles. The van der Waals surface area contributed by atoms with Crippen LogP contribution in [0.5, 0.6) is 0 Å². The Hall–Kier alpha value is -0.750. The van der Waals surface area contributed by atoms with E-state index in [1.165, 1.54) is 0 Å². The minimum Gasteiger partial charge on any atom is -0.481 e. The second kappa shape index (κ2) is 4.85. The minimum absolute atomic E-state index is 0.0433. The lowest BCUT2D eigenvalue weighted by Crippen LogP contribution is -2.05. The van der Waals surface area contributed by atoms with Gasteiger partial charge in [0, 0.05) is 4.47 Å². The summed E-state index contributed by atoms with van der Waals surface area (Å²) in [5.74, 6) is -1.18. The molecule has 82 valence electrons. The maximum atomic E-state index is 12.3. The molecule has 0 aromatic carbocycles. The Morgan fingerprint density at radius 2 is 2.27 bits per heavy atom. The number of pyridine rings is 1. The molecule has 3 nitrogen and oxygen atoms in total. The van der Waals surface area contributed by atoms with Crippen molar-refractivity contribution in [2.75, 3.05) is 0 Å². The number of carbonyl (C=O) groups is 1. The number of carboxylic acids is 1. The number of nitrogens with zero attached hydrogens (tertiary/aromatic N) is 1. The van der Waals surface area contributed by atoms with E-state index in [4.69, 9.17) is 16.7 Å². The van der Waals surface area contributed by atoms with Crippen molar-refractivity contribution in [1.82, 2.24) is 4.98 Å². The van der Waals surface area contributed by atoms with Crippen molar-refractivity contribution in [3.63, 3.8) is 0 Å². The molecule has 0 amide bonds. The van der Waals surface area contributed by atoms with Crippen molar-refractivity contribution in [1.29, 1.82) is 0 Å². The van der Waals surface area contributed by atoms with E-state index >= 15 is 0 Å². The van der Waals surface area contributed by atoms with E-state index in [2.05, 4.69) is 20.9 Å². The van der Waals surface area contributed by atoms with Crippen molar-refractivity contribution in [2.24, 2.45) is 0 Å². The summed E-state index contributed by atoms with van der Waals surface area (Å²) in [6, 6.07) is 1.07. The van der Waals surface area contributed by atoms with E-state index in [9.17, 15) is 13.6 Å². The van der Waals surface area contributed by atoms with Crippen molar-refractivity contribution >= 4 is 33.5 Å². The number of hydrogen-bond acceptors (Lipinski definition) is 2. The average molecular weight is 300 g/mol. The van der Waals surface area contributed by atoms with Gasteiger partial charge in [0.15, 0.2) is 0 Å². The molecule has 0 radical (unpaired) electrons. The molecule has 1 aromatic heterocycles. The molecule has 0 aliphatic heterocycles. The third-order valence-electron chi connectivity index (χ3n) is 1.54. The first-order chi connectivity index (χ1) is 6.91. The summed E-state index contributed by atoms with van der Waals surface area (Å²) in [4.78, 5) is 13.9. The van der Waals surface area contributed by atoms with E-state index in [1.54, 1.807) is 0 Å². The van der Waals surface area contributed by atoms with Crippen molar-refractivity contribution < 1.29 is 18.7 Å². The first kappa shape index (κ1) is 12.3. The molecular weight excluding hydrogens is 295 g/mol. The van der Waals surface area contributed by atoms with Crippen LogP contribution in [0.25, 0.3) is 0 Å². The number of halogens is 4. The predicted octanol–water partition coefficient (Wildman–Crippen LogP) is 3.06.